The van der Waals surface area contributed by atoms with E-state index in [2.05, 4.69) is 28.8 Å². The lowest BCUT2D eigenvalue weighted by Gasteiger charge is -2.15. The average Bonchev–Trinajstić information content (AvgIpc) is 2.84. The van der Waals surface area contributed by atoms with Crippen LogP contribution >= 0.6 is 0 Å². The Balaban J connectivity index is 1.54. The number of ether oxygens (including phenoxy) is 1. The fourth-order valence-electron chi connectivity index (χ4n) is 2.86. The molecule has 3 rings (SSSR count). The highest BCUT2D eigenvalue weighted by atomic mass is 16.5. The Bertz CT molecular complexity index is 658. The molecule has 0 radical (unpaired) electrons. The Morgan fingerprint density at radius 3 is 2.75 bits per heavy atom. The van der Waals surface area contributed by atoms with Gasteiger partial charge in [-0.15, -0.1) is 0 Å². The van der Waals surface area contributed by atoms with E-state index < -0.39 is 0 Å². The van der Waals surface area contributed by atoms with Crippen LogP contribution < -0.4 is 15.4 Å². The quantitative estimate of drug-likeness (QED) is 0.859. The van der Waals surface area contributed by atoms with Crippen LogP contribution in [0.2, 0.25) is 0 Å². The summed E-state index contributed by atoms with van der Waals surface area (Å²) in [5.74, 6) is 0.965. The number of hydrogen-bond donors (Lipinski definition) is 2. The van der Waals surface area contributed by atoms with Crippen molar-refractivity contribution in [3.63, 3.8) is 0 Å². The van der Waals surface area contributed by atoms with Gasteiger partial charge in [-0.2, -0.15) is 0 Å². The molecular weight excluding hydrogens is 300 g/mol. The van der Waals surface area contributed by atoms with Crippen molar-refractivity contribution in [3.05, 3.63) is 65.7 Å². The molecule has 0 spiro atoms. The monoisotopic (exact) mass is 324 g/mol. The molecule has 4 nitrogen and oxygen atoms in total. The van der Waals surface area contributed by atoms with Crippen LogP contribution in [-0.2, 0) is 17.9 Å². The number of carbonyl (C=O) groups excluding carboxylic acids is 1. The molecule has 1 fully saturated rings. The zero-order chi connectivity index (χ0) is 16.6. The molecular formula is C20H24N2O2. The first kappa shape index (κ1) is 16.5. The van der Waals surface area contributed by atoms with Crippen LogP contribution in [0.25, 0.3) is 0 Å². The smallest absolute Gasteiger partial charge is 0.237 e. The summed E-state index contributed by atoms with van der Waals surface area (Å²) in [6.07, 6.45) is 3.04. The number of carbonyl (C=O) groups is 1. The topological polar surface area (TPSA) is 50.4 Å². The molecule has 0 bridgehead atoms. The normalized spacial score (nSPS) is 17.8. The Hall–Kier alpha value is -2.33. The lowest BCUT2D eigenvalue weighted by molar-refractivity contribution is -0.122. The van der Waals surface area contributed by atoms with Gasteiger partial charge in [0.15, 0.2) is 0 Å². The predicted octanol–water partition coefficient (Wildman–Crippen LogP) is 3.02. The zero-order valence-corrected chi connectivity index (χ0v) is 13.8. The predicted molar refractivity (Wildman–Crippen MR) is 94.7 cm³/mol. The second-order valence-electron chi connectivity index (χ2n) is 6.14. The fourth-order valence-corrected chi connectivity index (χ4v) is 2.86. The maximum Gasteiger partial charge on any atom is 0.237 e. The average molecular weight is 324 g/mol. The maximum atomic E-state index is 12.0. The molecule has 1 heterocycles. The van der Waals surface area contributed by atoms with Gasteiger partial charge >= 0.3 is 0 Å². The molecule has 2 aromatic carbocycles. The van der Waals surface area contributed by atoms with Crippen LogP contribution in [0.15, 0.2) is 54.6 Å². The van der Waals surface area contributed by atoms with Gasteiger partial charge < -0.3 is 15.4 Å². The van der Waals surface area contributed by atoms with Crippen molar-refractivity contribution in [2.75, 3.05) is 6.54 Å². The van der Waals surface area contributed by atoms with E-state index >= 15 is 0 Å². The Morgan fingerprint density at radius 1 is 1.04 bits per heavy atom. The number of nitrogens with one attached hydrogen (secondary N) is 2. The summed E-state index contributed by atoms with van der Waals surface area (Å²) in [6.45, 7) is 2.02. The minimum absolute atomic E-state index is 0.0959. The van der Waals surface area contributed by atoms with Crippen molar-refractivity contribution in [1.82, 2.24) is 10.6 Å². The highest BCUT2D eigenvalue weighted by molar-refractivity contribution is 5.81. The number of hydrogen-bond acceptors (Lipinski definition) is 3. The van der Waals surface area contributed by atoms with Crippen molar-refractivity contribution in [3.8, 4) is 5.75 Å². The van der Waals surface area contributed by atoms with Crippen molar-refractivity contribution < 1.29 is 9.53 Å². The van der Waals surface area contributed by atoms with E-state index in [1.165, 1.54) is 0 Å². The molecule has 1 aliphatic rings. The van der Waals surface area contributed by atoms with Gasteiger partial charge in [0.1, 0.15) is 12.4 Å². The minimum Gasteiger partial charge on any atom is -0.489 e. The van der Waals surface area contributed by atoms with E-state index in [1.54, 1.807) is 0 Å². The summed E-state index contributed by atoms with van der Waals surface area (Å²) in [7, 11) is 0. The van der Waals surface area contributed by atoms with Crippen molar-refractivity contribution in [2.24, 2.45) is 0 Å². The molecule has 0 unspecified atom stereocenters. The molecule has 1 amide bonds. The number of benzene rings is 2. The molecule has 1 atom stereocenters. The highest BCUT2D eigenvalue weighted by Crippen LogP contribution is 2.16. The second kappa shape index (κ2) is 8.50. The molecule has 4 heteroatoms. The Morgan fingerprint density at radius 2 is 1.88 bits per heavy atom. The van der Waals surface area contributed by atoms with Gasteiger partial charge in [-0.05, 0) is 42.5 Å². The molecule has 2 aromatic rings. The first-order valence-corrected chi connectivity index (χ1v) is 8.58. The molecule has 0 aromatic heterocycles. The third kappa shape index (κ3) is 4.83. The van der Waals surface area contributed by atoms with Crippen molar-refractivity contribution in [2.45, 2.75) is 38.5 Å². The summed E-state index contributed by atoms with van der Waals surface area (Å²) in [4.78, 5) is 12.0. The SMILES string of the molecule is O=C1NCCCC[C@H]1NCc1cccc(OCc2ccccc2)c1. The van der Waals surface area contributed by atoms with Crippen LogP contribution in [0.1, 0.15) is 30.4 Å². The van der Waals surface area contributed by atoms with Gasteiger partial charge in [-0.3, -0.25) is 4.79 Å². The number of rotatable bonds is 6. The van der Waals surface area contributed by atoms with E-state index in [0.717, 1.165) is 42.7 Å². The molecule has 0 aliphatic carbocycles. The molecule has 0 saturated carbocycles. The molecule has 126 valence electrons. The lowest BCUT2D eigenvalue weighted by atomic mass is 10.1. The van der Waals surface area contributed by atoms with Crippen LogP contribution in [0.4, 0.5) is 0 Å². The van der Waals surface area contributed by atoms with E-state index in [1.807, 2.05) is 36.4 Å². The third-order valence-electron chi connectivity index (χ3n) is 4.23. The summed E-state index contributed by atoms with van der Waals surface area (Å²) in [5, 5.41) is 6.32. The minimum atomic E-state index is -0.0959. The van der Waals surface area contributed by atoms with Crippen LogP contribution in [-0.4, -0.2) is 18.5 Å². The van der Waals surface area contributed by atoms with Gasteiger partial charge in [-0.1, -0.05) is 42.5 Å². The Kier molecular flexibility index (Phi) is 5.85. The van der Waals surface area contributed by atoms with Gasteiger partial charge in [0.05, 0.1) is 6.04 Å². The van der Waals surface area contributed by atoms with Gasteiger partial charge in [0.2, 0.25) is 5.91 Å². The fraction of sp³-hybridized carbons (Fsp3) is 0.350. The molecule has 1 aliphatic heterocycles. The largest absolute Gasteiger partial charge is 0.489 e. The Labute approximate surface area is 143 Å². The zero-order valence-electron chi connectivity index (χ0n) is 13.8. The summed E-state index contributed by atoms with van der Waals surface area (Å²) >= 11 is 0. The standard InChI is InChI=1S/C20H24N2O2/c23-20-19(11-4-5-12-21-20)22-14-17-9-6-10-18(13-17)24-15-16-7-2-1-3-8-16/h1-3,6-10,13,19,22H,4-5,11-12,14-15H2,(H,21,23)/t19-/m1/s1. The van der Waals surface area contributed by atoms with E-state index in [4.69, 9.17) is 4.74 Å². The third-order valence-corrected chi connectivity index (χ3v) is 4.23. The summed E-state index contributed by atoms with van der Waals surface area (Å²) < 4.78 is 5.86. The summed E-state index contributed by atoms with van der Waals surface area (Å²) in [6, 6.07) is 18.1. The molecule has 2 N–H and O–H groups in total. The van der Waals surface area contributed by atoms with E-state index in [-0.39, 0.29) is 11.9 Å². The van der Waals surface area contributed by atoms with Gasteiger partial charge in [0.25, 0.3) is 0 Å². The van der Waals surface area contributed by atoms with E-state index in [9.17, 15) is 4.79 Å². The summed E-state index contributed by atoms with van der Waals surface area (Å²) in [5.41, 5.74) is 2.27. The molecule has 1 saturated heterocycles. The van der Waals surface area contributed by atoms with Crippen molar-refractivity contribution in [1.29, 1.82) is 0 Å². The van der Waals surface area contributed by atoms with Crippen LogP contribution in [0.3, 0.4) is 0 Å². The first-order valence-electron chi connectivity index (χ1n) is 8.58. The van der Waals surface area contributed by atoms with E-state index in [0.29, 0.717) is 13.2 Å². The second-order valence-corrected chi connectivity index (χ2v) is 6.14. The maximum absolute atomic E-state index is 12.0. The van der Waals surface area contributed by atoms with Gasteiger partial charge in [0, 0.05) is 13.1 Å². The lowest BCUT2D eigenvalue weighted by Crippen LogP contribution is -2.42. The van der Waals surface area contributed by atoms with Gasteiger partial charge in [-0.25, -0.2) is 0 Å². The number of amides is 1. The van der Waals surface area contributed by atoms with Crippen LogP contribution in [0.5, 0.6) is 5.75 Å². The first-order chi connectivity index (χ1) is 11.8. The molecule has 24 heavy (non-hydrogen) atoms. The highest BCUT2D eigenvalue weighted by Gasteiger charge is 2.19. The van der Waals surface area contributed by atoms with Crippen LogP contribution in [0, 0.1) is 0 Å². The van der Waals surface area contributed by atoms with Crippen molar-refractivity contribution >= 4 is 5.91 Å².